The fraction of sp³-hybridized carbons (Fsp3) is 0.429. The lowest BCUT2D eigenvalue weighted by molar-refractivity contribution is -0.129. The van der Waals surface area contributed by atoms with Crippen molar-refractivity contribution in [1.29, 1.82) is 0 Å². The summed E-state index contributed by atoms with van der Waals surface area (Å²) in [6.45, 7) is 3.42. The second kappa shape index (κ2) is 7.10. The molecule has 6 heteroatoms. The summed E-state index contributed by atoms with van der Waals surface area (Å²) in [6, 6.07) is 9.39. The molecule has 2 aromatic heterocycles. The minimum atomic E-state index is -0.164. The van der Waals surface area contributed by atoms with E-state index in [2.05, 4.69) is 15.3 Å². The van der Waals surface area contributed by atoms with Crippen molar-refractivity contribution in [2.24, 2.45) is 11.3 Å². The lowest BCUT2D eigenvalue weighted by atomic mass is 9.62. The minimum Gasteiger partial charge on any atom is -0.350 e. The van der Waals surface area contributed by atoms with Crippen molar-refractivity contribution in [2.45, 2.75) is 32.7 Å². The van der Waals surface area contributed by atoms with Gasteiger partial charge in [-0.2, -0.15) is 0 Å². The molecule has 2 amide bonds. The Hall–Kier alpha value is -2.76. The van der Waals surface area contributed by atoms with Crippen LogP contribution in [0, 0.1) is 18.3 Å². The lowest BCUT2D eigenvalue weighted by Crippen LogP contribution is -2.45. The molecule has 1 unspecified atom stereocenters. The van der Waals surface area contributed by atoms with E-state index in [1.165, 1.54) is 0 Å². The zero-order valence-corrected chi connectivity index (χ0v) is 15.5. The van der Waals surface area contributed by atoms with Gasteiger partial charge < -0.3 is 10.2 Å². The number of aromatic nitrogens is 2. The fourth-order valence-electron chi connectivity index (χ4n) is 4.29. The fourth-order valence-corrected chi connectivity index (χ4v) is 4.29. The van der Waals surface area contributed by atoms with Gasteiger partial charge in [-0.05, 0) is 43.5 Å². The van der Waals surface area contributed by atoms with Gasteiger partial charge in [-0.3, -0.25) is 19.6 Å². The third-order valence-corrected chi connectivity index (χ3v) is 5.98. The highest BCUT2D eigenvalue weighted by Crippen LogP contribution is 2.52. The summed E-state index contributed by atoms with van der Waals surface area (Å²) in [5, 5.41) is 3.02. The third-order valence-electron chi connectivity index (χ3n) is 5.98. The molecule has 2 fully saturated rings. The van der Waals surface area contributed by atoms with Crippen molar-refractivity contribution in [3.8, 4) is 0 Å². The largest absolute Gasteiger partial charge is 0.350 e. The molecule has 140 valence electrons. The first-order valence-corrected chi connectivity index (χ1v) is 9.48. The Morgan fingerprint density at radius 1 is 1.19 bits per heavy atom. The molecule has 1 aliphatic carbocycles. The number of carbonyl (C=O) groups is 2. The summed E-state index contributed by atoms with van der Waals surface area (Å²) >= 11 is 0. The van der Waals surface area contributed by atoms with Gasteiger partial charge in [0.2, 0.25) is 5.91 Å². The number of aryl methyl sites for hydroxylation is 1. The number of likely N-dealkylation sites (tertiary alicyclic amines) is 1. The van der Waals surface area contributed by atoms with Crippen LogP contribution in [0.4, 0.5) is 0 Å². The van der Waals surface area contributed by atoms with Gasteiger partial charge in [-0.1, -0.05) is 18.6 Å². The molecule has 1 aliphatic heterocycles. The molecule has 1 saturated carbocycles. The average Bonchev–Trinajstić information content (AvgIpc) is 3.08. The zero-order chi connectivity index (χ0) is 18.9. The maximum atomic E-state index is 13.0. The molecule has 1 saturated heterocycles. The maximum absolute atomic E-state index is 13.0. The highest BCUT2D eigenvalue weighted by atomic mass is 16.2. The molecule has 1 spiro atoms. The van der Waals surface area contributed by atoms with Crippen LogP contribution in [0.1, 0.15) is 41.0 Å². The first kappa shape index (κ1) is 17.6. The van der Waals surface area contributed by atoms with Crippen molar-refractivity contribution < 1.29 is 9.59 Å². The number of carbonyl (C=O) groups excluding carboxylic acids is 2. The van der Waals surface area contributed by atoms with Crippen LogP contribution < -0.4 is 5.32 Å². The van der Waals surface area contributed by atoms with Crippen LogP contribution in [0.25, 0.3) is 0 Å². The van der Waals surface area contributed by atoms with E-state index < -0.39 is 0 Å². The highest BCUT2D eigenvalue weighted by Gasteiger charge is 2.54. The van der Waals surface area contributed by atoms with E-state index in [1.807, 2.05) is 42.2 Å². The topological polar surface area (TPSA) is 75.2 Å². The van der Waals surface area contributed by atoms with E-state index in [1.54, 1.807) is 12.4 Å². The molecule has 2 aromatic rings. The van der Waals surface area contributed by atoms with E-state index in [0.717, 1.165) is 30.5 Å². The number of rotatable bonds is 4. The molecule has 0 bridgehead atoms. The van der Waals surface area contributed by atoms with E-state index in [4.69, 9.17) is 0 Å². The zero-order valence-electron chi connectivity index (χ0n) is 15.5. The summed E-state index contributed by atoms with van der Waals surface area (Å²) in [5.41, 5.74) is 2.12. The highest BCUT2D eigenvalue weighted by molar-refractivity contribution is 5.94. The molecule has 2 aliphatic rings. The number of nitrogens with one attached hydrogen (secondary N) is 1. The van der Waals surface area contributed by atoms with Crippen molar-refractivity contribution in [3.05, 3.63) is 59.7 Å². The van der Waals surface area contributed by atoms with Gasteiger partial charge in [-0.15, -0.1) is 0 Å². The summed E-state index contributed by atoms with van der Waals surface area (Å²) in [6.07, 6.45) is 6.49. The molecule has 4 rings (SSSR count). The van der Waals surface area contributed by atoms with Crippen molar-refractivity contribution in [1.82, 2.24) is 20.2 Å². The quantitative estimate of drug-likeness (QED) is 0.904. The molecule has 1 N–H and O–H groups in total. The normalized spacial score (nSPS) is 20.3. The first-order valence-electron chi connectivity index (χ1n) is 9.48. The van der Waals surface area contributed by atoms with Crippen LogP contribution in [0.2, 0.25) is 0 Å². The monoisotopic (exact) mass is 364 g/mol. The van der Waals surface area contributed by atoms with Crippen LogP contribution in [0.5, 0.6) is 0 Å². The number of amides is 2. The molecule has 0 aromatic carbocycles. The van der Waals surface area contributed by atoms with E-state index in [-0.39, 0.29) is 23.1 Å². The predicted molar refractivity (Wildman–Crippen MR) is 101 cm³/mol. The SMILES string of the molecule is Cc1cccnc1C(=O)N1CC(C(=O)NCc2ccccn2)C2(CCC2)C1. The Morgan fingerprint density at radius 2 is 2.00 bits per heavy atom. The molecule has 3 heterocycles. The molecular weight excluding hydrogens is 340 g/mol. The number of pyridine rings is 2. The maximum Gasteiger partial charge on any atom is 0.272 e. The van der Waals surface area contributed by atoms with E-state index in [9.17, 15) is 9.59 Å². The Labute approximate surface area is 159 Å². The standard InChI is InChI=1S/C21H24N4O2/c1-15-6-4-11-23-18(15)20(27)25-13-17(21(14-25)8-5-9-21)19(26)24-12-16-7-2-3-10-22-16/h2-4,6-7,10-11,17H,5,8-9,12-14H2,1H3,(H,24,26). The average molecular weight is 364 g/mol. The van der Waals surface area contributed by atoms with Gasteiger partial charge in [0.25, 0.3) is 5.91 Å². The molecule has 0 radical (unpaired) electrons. The van der Waals surface area contributed by atoms with E-state index >= 15 is 0 Å². The Morgan fingerprint density at radius 3 is 2.67 bits per heavy atom. The summed E-state index contributed by atoms with van der Waals surface area (Å²) in [7, 11) is 0. The number of hydrogen-bond acceptors (Lipinski definition) is 4. The molecule has 6 nitrogen and oxygen atoms in total. The molecule has 1 atom stereocenters. The van der Waals surface area contributed by atoms with Gasteiger partial charge in [0.05, 0.1) is 18.2 Å². The molecule has 27 heavy (non-hydrogen) atoms. The van der Waals surface area contributed by atoms with Gasteiger partial charge in [0.15, 0.2) is 0 Å². The first-order chi connectivity index (χ1) is 13.1. The van der Waals surface area contributed by atoms with Gasteiger partial charge in [0, 0.05) is 30.9 Å². The van der Waals surface area contributed by atoms with Crippen LogP contribution in [0.15, 0.2) is 42.7 Å². The van der Waals surface area contributed by atoms with Crippen molar-refractivity contribution in [3.63, 3.8) is 0 Å². The van der Waals surface area contributed by atoms with Crippen molar-refractivity contribution >= 4 is 11.8 Å². The van der Waals surface area contributed by atoms with Crippen LogP contribution >= 0.6 is 0 Å². The van der Waals surface area contributed by atoms with Gasteiger partial charge in [-0.25, -0.2) is 0 Å². The van der Waals surface area contributed by atoms with E-state index in [0.29, 0.717) is 25.3 Å². The van der Waals surface area contributed by atoms with Crippen LogP contribution in [0.3, 0.4) is 0 Å². The Balaban J connectivity index is 1.47. The minimum absolute atomic E-state index is 0.0217. The number of hydrogen-bond donors (Lipinski definition) is 1. The van der Waals surface area contributed by atoms with Gasteiger partial charge in [0.1, 0.15) is 5.69 Å². The second-order valence-corrected chi connectivity index (χ2v) is 7.66. The summed E-state index contributed by atoms with van der Waals surface area (Å²) in [5.74, 6) is -0.212. The van der Waals surface area contributed by atoms with Crippen molar-refractivity contribution in [2.75, 3.05) is 13.1 Å². The summed E-state index contributed by atoms with van der Waals surface area (Å²) < 4.78 is 0. The number of nitrogens with zero attached hydrogens (tertiary/aromatic N) is 3. The predicted octanol–water partition coefficient (Wildman–Crippen LogP) is 2.34. The smallest absolute Gasteiger partial charge is 0.272 e. The summed E-state index contributed by atoms with van der Waals surface area (Å²) in [4.78, 5) is 36.2. The van der Waals surface area contributed by atoms with Crippen LogP contribution in [-0.2, 0) is 11.3 Å². The Bertz CT molecular complexity index is 848. The molecular formula is C21H24N4O2. The second-order valence-electron chi connectivity index (χ2n) is 7.66. The lowest BCUT2D eigenvalue weighted by Gasteiger charge is -2.41. The van der Waals surface area contributed by atoms with Gasteiger partial charge >= 0.3 is 0 Å². The Kier molecular flexibility index (Phi) is 4.64. The third kappa shape index (κ3) is 3.31. The van der Waals surface area contributed by atoms with Crippen LogP contribution in [-0.4, -0.2) is 39.8 Å².